The first-order valence-corrected chi connectivity index (χ1v) is 12.1. The van der Waals surface area contributed by atoms with Gasteiger partial charge < -0.3 is 19.2 Å². The van der Waals surface area contributed by atoms with Crippen LogP contribution >= 0.6 is 0 Å². The van der Waals surface area contributed by atoms with Gasteiger partial charge in [0.2, 0.25) is 5.76 Å². The smallest absolute Gasteiger partial charge is 0.376 e. The van der Waals surface area contributed by atoms with Crippen LogP contribution in [-0.2, 0) is 14.8 Å². The maximum absolute atomic E-state index is 12.9. The maximum Gasteiger partial charge on any atom is 0.376 e. The fraction of sp³-hybridized carbons (Fsp3) is 0.120. The standard InChI is InChI=1S/C25H22N2O7S/c1-3-33-25(29)23-22(20-6-4-5-7-21(20)34-23)26-24(28)16-8-10-17(11-9-16)27-35(30,31)19-14-12-18(32-2)13-15-19/h4-15,27H,3H2,1-2H3,(H,26,28). The van der Waals surface area contributed by atoms with Gasteiger partial charge >= 0.3 is 5.97 Å². The van der Waals surface area contributed by atoms with E-state index >= 15 is 0 Å². The molecule has 0 spiro atoms. The first-order valence-electron chi connectivity index (χ1n) is 10.6. The van der Waals surface area contributed by atoms with Crippen molar-refractivity contribution in [3.63, 3.8) is 0 Å². The molecule has 180 valence electrons. The van der Waals surface area contributed by atoms with Crippen LogP contribution in [0.4, 0.5) is 11.4 Å². The van der Waals surface area contributed by atoms with Crippen molar-refractivity contribution in [2.45, 2.75) is 11.8 Å². The van der Waals surface area contributed by atoms with Gasteiger partial charge in [-0.1, -0.05) is 12.1 Å². The Labute approximate surface area is 201 Å². The van der Waals surface area contributed by atoms with Gasteiger partial charge in [0.05, 0.1) is 18.6 Å². The van der Waals surface area contributed by atoms with Crippen LogP contribution in [0.3, 0.4) is 0 Å². The minimum Gasteiger partial charge on any atom is -0.497 e. The van der Waals surface area contributed by atoms with E-state index in [0.717, 1.165) is 0 Å². The maximum atomic E-state index is 12.9. The lowest BCUT2D eigenvalue weighted by atomic mass is 10.1. The van der Waals surface area contributed by atoms with Crippen molar-refractivity contribution in [2.24, 2.45) is 0 Å². The van der Waals surface area contributed by atoms with E-state index in [9.17, 15) is 18.0 Å². The highest BCUT2D eigenvalue weighted by molar-refractivity contribution is 7.92. The molecule has 0 saturated carbocycles. The first kappa shape index (κ1) is 23.8. The number of amides is 1. The van der Waals surface area contributed by atoms with E-state index in [4.69, 9.17) is 13.9 Å². The fourth-order valence-corrected chi connectivity index (χ4v) is 4.41. The molecule has 0 radical (unpaired) electrons. The summed E-state index contributed by atoms with van der Waals surface area (Å²) in [4.78, 5) is 25.3. The number of ether oxygens (including phenoxy) is 2. The first-order chi connectivity index (χ1) is 16.8. The van der Waals surface area contributed by atoms with E-state index in [1.807, 2.05) is 0 Å². The normalized spacial score (nSPS) is 11.1. The minimum atomic E-state index is -3.83. The molecule has 0 unspecified atom stereocenters. The summed E-state index contributed by atoms with van der Waals surface area (Å²) in [5.41, 5.74) is 1.15. The number of rotatable bonds is 8. The molecule has 0 fully saturated rings. The SMILES string of the molecule is CCOC(=O)c1oc2ccccc2c1NC(=O)c1ccc(NS(=O)(=O)c2ccc(OC)cc2)cc1. The zero-order valence-corrected chi connectivity index (χ0v) is 19.7. The fourth-order valence-electron chi connectivity index (χ4n) is 3.35. The topological polar surface area (TPSA) is 124 Å². The molecule has 0 atom stereocenters. The lowest BCUT2D eigenvalue weighted by Crippen LogP contribution is -2.15. The zero-order chi connectivity index (χ0) is 25.0. The predicted molar refractivity (Wildman–Crippen MR) is 130 cm³/mol. The van der Waals surface area contributed by atoms with Crippen LogP contribution in [0.2, 0.25) is 0 Å². The largest absolute Gasteiger partial charge is 0.497 e. The number of hydrogen-bond donors (Lipinski definition) is 2. The van der Waals surface area contributed by atoms with Gasteiger partial charge in [-0.15, -0.1) is 0 Å². The molecular weight excluding hydrogens is 472 g/mol. The number of esters is 1. The second-order valence-corrected chi connectivity index (χ2v) is 9.02. The van der Waals surface area contributed by atoms with Crippen molar-refractivity contribution in [3.05, 3.63) is 84.1 Å². The molecule has 0 aliphatic rings. The Hall–Kier alpha value is -4.31. The second-order valence-electron chi connectivity index (χ2n) is 7.34. The van der Waals surface area contributed by atoms with Gasteiger partial charge in [-0.2, -0.15) is 0 Å². The summed E-state index contributed by atoms with van der Waals surface area (Å²) in [6.45, 7) is 1.82. The molecule has 2 N–H and O–H groups in total. The Morgan fingerprint density at radius 3 is 2.29 bits per heavy atom. The molecule has 1 amide bonds. The van der Waals surface area contributed by atoms with E-state index in [-0.39, 0.29) is 34.2 Å². The third-order valence-electron chi connectivity index (χ3n) is 5.06. The number of anilines is 2. The van der Waals surface area contributed by atoms with Crippen LogP contribution in [0.1, 0.15) is 27.8 Å². The lowest BCUT2D eigenvalue weighted by Gasteiger charge is -2.10. The molecule has 4 rings (SSSR count). The Morgan fingerprint density at radius 2 is 1.63 bits per heavy atom. The molecular formula is C25H22N2O7S. The monoisotopic (exact) mass is 494 g/mol. The summed E-state index contributed by atoms with van der Waals surface area (Å²) in [6.07, 6.45) is 0. The number of nitrogens with one attached hydrogen (secondary N) is 2. The molecule has 0 aliphatic heterocycles. The van der Waals surface area contributed by atoms with E-state index < -0.39 is 21.9 Å². The third-order valence-corrected chi connectivity index (χ3v) is 6.46. The Bertz CT molecular complexity index is 1470. The minimum absolute atomic E-state index is 0.0680. The Morgan fingerprint density at radius 1 is 0.943 bits per heavy atom. The Kier molecular flexibility index (Phi) is 6.74. The highest BCUT2D eigenvalue weighted by atomic mass is 32.2. The van der Waals surface area contributed by atoms with Gasteiger partial charge in [-0.3, -0.25) is 9.52 Å². The molecule has 1 heterocycles. The lowest BCUT2D eigenvalue weighted by molar-refractivity contribution is 0.0494. The third kappa shape index (κ3) is 5.12. The van der Waals surface area contributed by atoms with Crippen molar-refractivity contribution in [2.75, 3.05) is 23.8 Å². The molecule has 0 saturated heterocycles. The van der Waals surface area contributed by atoms with E-state index in [0.29, 0.717) is 16.7 Å². The highest BCUT2D eigenvalue weighted by Gasteiger charge is 2.24. The van der Waals surface area contributed by atoms with Gasteiger partial charge in [0.15, 0.2) is 0 Å². The molecule has 0 bridgehead atoms. The van der Waals surface area contributed by atoms with Crippen molar-refractivity contribution in [1.82, 2.24) is 0 Å². The van der Waals surface area contributed by atoms with Gasteiger partial charge in [0, 0.05) is 16.6 Å². The molecule has 35 heavy (non-hydrogen) atoms. The predicted octanol–water partition coefficient (Wildman–Crippen LogP) is 4.67. The van der Waals surface area contributed by atoms with Crippen LogP contribution in [0.15, 0.2) is 82.1 Å². The van der Waals surface area contributed by atoms with Gasteiger partial charge in [-0.05, 0) is 67.6 Å². The molecule has 0 aliphatic carbocycles. The van der Waals surface area contributed by atoms with Crippen molar-refractivity contribution < 1.29 is 31.9 Å². The zero-order valence-electron chi connectivity index (χ0n) is 18.9. The summed E-state index contributed by atoms with van der Waals surface area (Å²) < 4.78 is 43.4. The van der Waals surface area contributed by atoms with Gasteiger partial charge in [-0.25, -0.2) is 13.2 Å². The number of hydrogen-bond acceptors (Lipinski definition) is 7. The van der Waals surface area contributed by atoms with Crippen molar-refractivity contribution in [3.8, 4) is 5.75 Å². The number of para-hydroxylation sites is 1. The number of sulfonamides is 1. The van der Waals surface area contributed by atoms with Gasteiger partial charge in [0.25, 0.3) is 15.9 Å². The quantitative estimate of drug-likeness (QED) is 0.341. The van der Waals surface area contributed by atoms with E-state index in [2.05, 4.69) is 10.0 Å². The van der Waals surface area contributed by atoms with Crippen LogP contribution < -0.4 is 14.8 Å². The number of furan rings is 1. The summed E-state index contributed by atoms with van der Waals surface area (Å²) >= 11 is 0. The molecule has 4 aromatic rings. The van der Waals surface area contributed by atoms with E-state index in [1.165, 1.54) is 43.5 Å². The second kappa shape index (κ2) is 9.90. The highest BCUT2D eigenvalue weighted by Crippen LogP contribution is 2.32. The average Bonchev–Trinajstić information content (AvgIpc) is 3.23. The average molecular weight is 495 g/mol. The summed E-state index contributed by atoms with van der Waals surface area (Å²) in [7, 11) is -2.34. The molecule has 9 nitrogen and oxygen atoms in total. The summed E-state index contributed by atoms with van der Waals surface area (Å²) in [5, 5.41) is 3.26. The number of carbonyl (C=O) groups excluding carboxylic acids is 2. The number of carbonyl (C=O) groups is 2. The van der Waals surface area contributed by atoms with E-state index in [1.54, 1.807) is 43.3 Å². The molecule has 1 aromatic heterocycles. The van der Waals surface area contributed by atoms with Crippen LogP contribution in [-0.4, -0.2) is 34.0 Å². The van der Waals surface area contributed by atoms with Crippen LogP contribution in [0.5, 0.6) is 5.75 Å². The van der Waals surface area contributed by atoms with Crippen LogP contribution in [0.25, 0.3) is 11.0 Å². The van der Waals surface area contributed by atoms with Crippen LogP contribution in [0, 0.1) is 0 Å². The van der Waals surface area contributed by atoms with Crippen molar-refractivity contribution >= 4 is 44.2 Å². The number of fused-ring (bicyclic) bond motifs is 1. The Balaban J connectivity index is 1.53. The van der Waals surface area contributed by atoms with Gasteiger partial charge in [0.1, 0.15) is 17.0 Å². The number of benzene rings is 3. The summed E-state index contributed by atoms with van der Waals surface area (Å²) in [6, 6.07) is 18.7. The molecule has 10 heteroatoms. The van der Waals surface area contributed by atoms with Crippen molar-refractivity contribution in [1.29, 1.82) is 0 Å². The summed E-state index contributed by atoms with van der Waals surface area (Å²) in [5.74, 6) is -0.768. The number of methoxy groups -OCH3 is 1. The molecule has 3 aromatic carbocycles.